The largest absolute Gasteiger partial charge is 0.301 e. The molecule has 0 aliphatic rings. The van der Waals surface area contributed by atoms with Crippen molar-refractivity contribution in [1.29, 1.82) is 0 Å². The third kappa shape index (κ3) is 5.81. The summed E-state index contributed by atoms with van der Waals surface area (Å²) in [5, 5.41) is 0. The molecular formula is C4H8O3S. The van der Waals surface area contributed by atoms with Gasteiger partial charge in [-0.2, -0.15) is 4.21 Å². The van der Waals surface area contributed by atoms with Crippen LogP contribution in [0.2, 0.25) is 0 Å². The molecular weight excluding hydrogens is 128 g/mol. The maximum Gasteiger partial charge on any atom is 0.301 e. The molecule has 0 saturated heterocycles. The average Bonchev–Trinajstić information content (AvgIpc) is 1.66. The summed E-state index contributed by atoms with van der Waals surface area (Å²) in [4.78, 5) is 0. The fourth-order valence-electron chi connectivity index (χ4n) is 0.203. The van der Waals surface area contributed by atoms with E-state index >= 15 is 0 Å². The van der Waals surface area contributed by atoms with E-state index in [0.29, 0.717) is 6.42 Å². The lowest BCUT2D eigenvalue weighted by Gasteiger charge is -1.90. The van der Waals surface area contributed by atoms with Gasteiger partial charge in [0.1, 0.15) is 0 Å². The first-order valence-corrected chi connectivity index (χ1v) is 3.15. The Bertz CT molecular complexity index is 91.3. The second-order valence-electron chi connectivity index (χ2n) is 1.12. The van der Waals surface area contributed by atoms with Crippen LogP contribution in [0.25, 0.3) is 0 Å². The van der Waals surface area contributed by atoms with Crippen LogP contribution in [0.5, 0.6) is 0 Å². The SMILES string of the molecule is C=CCCOS(=O)O. The van der Waals surface area contributed by atoms with E-state index in [0.717, 1.165) is 0 Å². The van der Waals surface area contributed by atoms with Gasteiger partial charge in [-0.05, 0) is 6.42 Å². The van der Waals surface area contributed by atoms with E-state index in [2.05, 4.69) is 10.8 Å². The molecule has 3 nitrogen and oxygen atoms in total. The summed E-state index contributed by atoms with van der Waals surface area (Å²) in [5.74, 6) is 0. The van der Waals surface area contributed by atoms with Gasteiger partial charge in [-0.3, -0.25) is 8.74 Å². The van der Waals surface area contributed by atoms with Crippen LogP contribution in [0, 0.1) is 0 Å². The van der Waals surface area contributed by atoms with Crippen LogP contribution in [0.15, 0.2) is 12.7 Å². The fraction of sp³-hybridized carbons (Fsp3) is 0.500. The minimum absolute atomic E-state index is 0.257. The van der Waals surface area contributed by atoms with Gasteiger partial charge >= 0.3 is 11.4 Å². The highest BCUT2D eigenvalue weighted by Crippen LogP contribution is 1.83. The summed E-state index contributed by atoms with van der Waals surface area (Å²) in [6, 6.07) is 0. The van der Waals surface area contributed by atoms with Crippen LogP contribution < -0.4 is 0 Å². The van der Waals surface area contributed by atoms with E-state index in [1.165, 1.54) is 0 Å². The van der Waals surface area contributed by atoms with Crippen LogP contribution in [-0.2, 0) is 15.5 Å². The zero-order valence-corrected chi connectivity index (χ0v) is 5.19. The lowest BCUT2D eigenvalue weighted by atomic mass is 10.5. The molecule has 8 heavy (non-hydrogen) atoms. The molecule has 0 aliphatic heterocycles. The molecule has 0 bridgehead atoms. The summed E-state index contributed by atoms with van der Waals surface area (Å²) in [6.45, 7) is 3.65. The number of rotatable bonds is 4. The van der Waals surface area contributed by atoms with Gasteiger partial charge in [0.2, 0.25) is 0 Å². The molecule has 48 valence electrons. The van der Waals surface area contributed by atoms with E-state index in [9.17, 15) is 4.21 Å². The van der Waals surface area contributed by atoms with Gasteiger partial charge in [-0.1, -0.05) is 6.08 Å². The third-order valence-corrected chi connectivity index (χ3v) is 0.874. The van der Waals surface area contributed by atoms with E-state index in [1.54, 1.807) is 6.08 Å². The maximum atomic E-state index is 9.73. The van der Waals surface area contributed by atoms with Crippen molar-refractivity contribution in [3.05, 3.63) is 12.7 Å². The topological polar surface area (TPSA) is 46.5 Å². The van der Waals surface area contributed by atoms with Gasteiger partial charge in [0.25, 0.3) is 0 Å². The molecule has 0 saturated carbocycles. The second kappa shape index (κ2) is 4.96. The van der Waals surface area contributed by atoms with Crippen LogP contribution in [0.4, 0.5) is 0 Å². The highest BCUT2D eigenvalue weighted by Gasteiger charge is 1.87. The van der Waals surface area contributed by atoms with Gasteiger partial charge < -0.3 is 0 Å². The van der Waals surface area contributed by atoms with Crippen molar-refractivity contribution in [3.63, 3.8) is 0 Å². The van der Waals surface area contributed by atoms with Crippen LogP contribution >= 0.6 is 0 Å². The van der Waals surface area contributed by atoms with Crippen LogP contribution in [-0.4, -0.2) is 15.4 Å². The van der Waals surface area contributed by atoms with Crippen molar-refractivity contribution in [2.24, 2.45) is 0 Å². The van der Waals surface area contributed by atoms with Crippen molar-refractivity contribution >= 4 is 11.4 Å². The van der Waals surface area contributed by atoms with Gasteiger partial charge in [0.15, 0.2) is 0 Å². The molecule has 0 aromatic rings. The van der Waals surface area contributed by atoms with Gasteiger partial charge in [-0.25, -0.2) is 0 Å². The van der Waals surface area contributed by atoms with E-state index in [-0.39, 0.29) is 6.61 Å². The Kier molecular flexibility index (Phi) is 4.84. The Labute approximate surface area is 50.8 Å². The van der Waals surface area contributed by atoms with Crippen molar-refractivity contribution in [2.45, 2.75) is 6.42 Å². The summed E-state index contributed by atoms with van der Waals surface area (Å²) >= 11 is -2.11. The summed E-state index contributed by atoms with van der Waals surface area (Å²) in [5.41, 5.74) is 0. The van der Waals surface area contributed by atoms with Gasteiger partial charge in [0.05, 0.1) is 6.61 Å². The molecule has 0 aromatic carbocycles. The monoisotopic (exact) mass is 136 g/mol. The van der Waals surface area contributed by atoms with Crippen molar-refractivity contribution < 1.29 is 12.9 Å². The fourth-order valence-corrected chi connectivity index (χ4v) is 0.442. The molecule has 0 radical (unpaired) electrons. The minimum atomic E-state index is -2.11. The molecule has 0 fully saturated rings. The molecule has 0 amide bonds. The standard InChI is InChI=1S/C4H8O3S/c1-2-3-4-7-8(5)6/h2H,1,3-4H2,(H,5,6). The molecule has 0 rings (SSSR count). The molecule has 1 unspecified atom stereocenters. The minimum Gasteiger partial charge on any atom is -0.284 e. The first-order chi connectivity index (χ1) is 3.77. The van der Waals surface area contributed by atoms with Crippen molar-refractivity contribution in [1.82, 2.24) is 0 Å². The Hall–Kier alpha value is -0.190. The van der Waals surface area contributed by atoms with E-state index < -0.39 is 11.4 Å². The second-order valence-corrected chi connectivity index (χ2v) is 1.79. The van der Waals surface area contributed by atoms with Crippen LogP contribution in [0.1, 0.15) is 6.42 Å². The maximum absolute atomic E-state index is 9.73. The zero-order valence-electron chi connectivity index (χ0n) is 4.37. The Morgan fingerprint density at radius 2 is 2.50 bits per heavy atom. The van der Waals surface area contributed by atoms with E-state index in [1.807, 2.05) is 0 Å². The molecule has 0 heterocycles. The predicted octanol–water partition coefficient (Wildman–Crippen LogP) is 0.716. The molecule has 0 spiro atoms. The lowest BCUT2D eigenvalue weighted by Crippen LogP contribution is -1.95. The summed E-state index contributed by atoms with van der Waals surface area (Å²) < 4.78 is 22.0. The van der Waals surface area contributed by atoms with E-state index in [4.69, 9.17) is 4.55 Å². The predicted molar refractivity (Wildman–Crippen MR) is 31.5 cm³/mol. The number of hydrogen-bond donors (Lipinski definition) is 1. The van der Waals surface area contributed by atoms with Crippen molar-refractivity contribution in [2.75, 3.05) is 6.61 Å². The molecule has 4 heteroatoms. The lowest BCUT2D eigenvalue weighted by molar-refractivity contribution is 0.313. The highest BCUT2D eigenvalue weighted by atomic mass is 32.2. The molecule has 0 aliphatic carbocycles. The molecule has 1 N–H and O–H groups in total. The average molecular weight is 136 g/mol. The number of hydrogen-bond acceptors (Lipinski definition) is 2. The smallest absolute Gasteiger partial charge is 0.284 e. The van der Waals surface area contributed by atoms with Gasteiger partial charge in [0, 0.05) is 0 Å². The third-order valence-electron chi connectivity index (χ3n) is 0.506. The Morgan fingerprint density at radius 1 is 1.88 bits per heavy atom. The first-order valence-electron chi connectivity index (χ1n) is 2.12. The first kappa shape index (κ1) is 7.81. The Morgan fingerprint density at radius 3 is 2.88 bits per heavy atom. The van der Waals surface area contributed by atoms with Crippen molar-refractivity contribution in [3.8, 4) is 0 Å². The highest BCUT2D eigenvalue weighted by molar-refractivity contribution is 7.74. The normalized spacial score (nSPS) is 13.1. The zero-order chi connectivity index (χ0) is 6.41. The Balaban J connectivity index is 2.93. The van der Waals surface area contributed by atoms with Crippen LogP contribution in [0.3, 0.4) is 0 Å². The molecule has 0 aromatic heterocycles. The quantitative estimate of drug-likeness (QED) is 0.352. The summed E-state index contributed by atoms with van der Waals surface area (Å²) in [6.07, 6.45) is 2.22. The van der Waals surface area contributed by atoms with Gasteiger partial charge in [-0.15, -0.1) is 6.58 Å². The summed E-state index contributed by atoms with van der Waals surface area (Å²) in [7, 11) is 0. The molecule has 1 atom stereocenters.